The molecular formula is C10H9ClN4. The zero-order chi connectivity index (χ0) is 10.3. The normalized spacial score (nSPS) is 15.5. The van der Waals surface area contributed by atoms with Crippen LogP contribution in [0.4, 0.5) is 5.82 Å². The van der Waals surface area contributed by atoms with E-state index in [2.05, 4.69) is 20.3 Å². The van der Waals surface area contributed by atoms with E-state index in [0.29, 0.717) is 11.2 Å². The highest BCUT2D eigenvalue weighted by Gasteiger charge is 2.22. The van der Waals surface area contributed by atoms with Crippen LogP contribution in [-0.4, -0.2) is 21.0 Å². The Kier molecular flexibility index (Phi) is 1.95. The molecule has 0 aliphatic heterocycles. The van der Waals surface area contributed by atoms with Crippen LogP contribution in [0.5, 0.6) is 0 Å². The fraction of sp³-hybridized carbons (Fsp3) is 0.300. The van der Waals surface area contributed by atoms with Gasteiger partial charge in [0.2, 0.25) is 0 Å². The Morgan fingerprint density at radius 2 is 2.13 bits per heavy atom. The molecule has 2 aromatic heterocycles. The monoisotopic (exact) mass is 220 g/mol. The van der Waals surface area contributed by atoms with Gasteiger partial charge in [0.1, 0.15) is 17.0 Å². The summed E-state index contributed by atoms with van der Waals surface area (Å²) in [6.45, 7) is 0. The summed E-state index contributed by atoms with van der Waals surface area (Å²) in [6, 6.07) is 4.13. The molecule has 5 heteroatoms. The average Bonchev–Trinajstić information content (AvgIpc) is 3.03. The lowest BCUT2D eigenvalue weighted by molar-refractivity contribution is 1.09. The summed E-state index contributed by atoms with van der Waals surface area (Å²) in [5.41, 5.74) is 1.56. The highest BCUT2D eigenvalue weighted by molar-refractivity contribution is 6.29. The molecule has 3 rings (SSSR count). The van der Waals surface area contributed by atoms with Crippen molar-refractivity contribution >= 4 is 28.5 Å². The van der Waals surface area contributed by atoms with Gasteiger partial charge in [0.15, 0.2) is 5.82 Å². The van der Waals surface area contributed by atoms with Gasteiger partial charge in [0, 0.05) is 6.04 Å². The van der Waals surface area contributed by atoms with Crippen molar-refractivity contribution in [2.75, 3.05) is 5.32 Å². The van der Waals surface area contributed by atoms with Crippen LogP contribution in [0.3, 0.4) is 0 Å². The Bertz CT molecular complexity index is 510. The predicted molar refractivity (Wildman–Crippen MR) is 59.0 cm³/mol. The Morgan fingerprint density at radius 3 is 2.93 bits per heavy atom. The second-order valence-corrected chi connectivity index (χ2v) is 4.03. The molecule has 0 radical (unpaired) electrons. The number of aromatic nitrogens is 3. The van der Waals surface area contributed by atoms with Crippen LogP contribution in [0, 0.1) is 0 Å². The van der Waals surface area contributed by atoms with E-state index < -0.39 is 0 Å². The number of nitrogens with one attached hydrogen (secondary N) is 1. The highest BCUT2D eigenvalue weighted by Crippen LogP contribution is 2.27. The van der Waals surface area contributed by atoms with E-state index in [9.17, 15) is 0 Å². The summed E-state index contributed by atoms with van der Waals surface area (Å²) < 4.78 is 0. The molecule has 0 spiro atoms. The second kappa shape index (κ2) is 3.31. The van der Waals surface area contributed by atoms with Crippen LogP contribution in [0.25, 0.3) is 11.0 Å². The summed E-state index contributed by atoms with van der Waals surface area (Å²) in [7, 11) is 0. The number of halogens is 1. The molecule has 0 atom stereocenters. The van der Waals surface area contributed by atoms with Gasteiger partial charge in [-0.3, -0.25) is 0 Å². The lowest BCUT2D eigenvalue weighted by Gasteiger charge is -2.05. The van der Waals surface area contributed by atoms with Crippen molar-refractivity contribution < 1.29 is 0 Å². The zero-order valence-corrected chi connectivity index (χ0v) is 8.70. The fourth-order valence-corrected chi connectivity index (χ4v) is 1.59. The smallest absolute Gasteiger partial charge is 0.156 e. The van der Waals surface area contributed by atoms with Gasteiger partial charge >= 0.3 is 0 Å². The highest BCUT2D eigenvalue weighted by atomic mass is 35.5. The minimum Gasteiger partial charge on any atom is -0.365 e. The molecule has 0 amide bonds. The van der Waals surface area contributed by atoms with Crippen LogP contribution in [-0.2, 0) is 0 Å². The molecule has 0 aromatic carbocycles. The van der Waals surface area contributed by atoms with E-state index in [4.69, 9.17) is 11.6 Å². The summed E-state index contributed by atoms with van der Waals surface area (Å²) in [4.78, 5) is 12.6. The van der Waals surface area contributed by atoms with Gasteiger partial charge in [-0.2, -0.15) is 0 Å². The van der Waals surface area contributed by atoms with E-state index in [1.807, 2.05) is 6.07 Å². The molecule has 0 unspecified atom stereocenters. The molecule has 76 valence electrons. The lowest BCUT2D eigenvalue weighted by atomic mass is 10.3. The molecule has 1 N–H and O–H groups in total. The summed E-state index contributed by atoms with van der Waals surface area (Å²) in [6.07, 6.45) is 3.95. The van der Waals surface area contributed by atoms with Crippen molar-refractivity contribution in [1.82, 2.24) is 15.0 Å². The topological polar surface area (TPSA) is 50.7 Å². The number of rotatable bonds is 2. The Labute approximate surface area is 91.7 Å². The Hall–Kier alpha value is -1.42. The van der Waals surface area contributed by atoms with E-state index in [1.54, 1.807) is 12.4 Å². The Morgan fingerprint density at radius 1 is 1.27 bits per heavy atom. The molecule has 0 saturated heterocycles. The maximum Gasteiger partial charge on any atom is 0.156 e. The van der Waals surface area contributed by atoms with Crippen LogP contribution in [0.2, 0.25) is 5.15 Å². The van der Waals surface area contributed by atoms with E-state index >= 15 is 0 Å². The zero-order valence-electron chi connectivity index (χ0n) is 7.94. The molecule has 1 aliphatic rings. The third-order valence-corrected chi connectivity index (χ3v) is 2.58. The van der Waals surface area contributed by atoms with E-state index in [-0.39, 0.29) is 0 Å². The van der Waals surface area contributed by atoms with Crippen molar-refractivity contribution in [1.29, 1.82) is 0 Å². The van der Waals surface area contributed by atoms with Gasteiger partial charge in [-0.05, 0) is 25.0 Å². The molecule has 2 heterocycles. The molecule has 4 nitrogen and oxygen atoms in total. The van der Waals surface area contributed by atoms with Crippen LogP contribution in [0.1, 0.15) is 12.8 Å². The van der Waals surface area contributed by atoms with Gasteiger partial charge in [-0.1, -0.05) is 11.6 Å². The summed E-state index contributed by atoms with van der Waals surface area (Å²) >= 11 is 5.85. The first kappa shape index (κ1) is 8.85. The van der Waals surface area contributed by atoms with Gasteiger partial charge < -0.3 is 5.32 Å². The molecule has 1 aliphatic carbocycles. The van der Waals surface area contributed by atoms with Gasteiger partial charge in [-0.25, -0.2) is 15.0 Å². The van der Waals surface area contributed by atoms with Crippen molar-refractivity contribution in [2.45, 2.75) is 18.9 Å². The third-order valence-electron chi connectivity index (χ3n) is 2.37. The van der Waals surface area contributed by atoms with Gasteiger partial charge in [0.25, 0.3) is 0 Å². The summed E-state index contributed by atoms with van der Waals surface area (Å²) in [5.74, 6) is 0.782. The number of fused-ring (bicyclic) bond motifs is 1. The number of anilines is 1. The van der Waals surface area contributed by atoms with Crippen LogP contribution >= 0.6 is 11.6 Å². The SMILES string of the molecule is Clc1ccc2ncnc(NC3CC3)c2n1. The maximum absolute atomic E-state index is 5.85. The fourth-order valence-electron chi connectivity index (χ4n) is 1.44. The first-order valence-electron chi connectivity index (χ1n) is 4.87. The van der Waals surface area contributed by atoms with Crippen molar-refractivity contribution in [2.24, 2.45) is 0 Å². The van der Waals surface area contributed by atoms with E-state index in [0.717, 1.165) is 16.9 Å². The van der Waals surface area contributed by atoms with Crippen molar-refractivity contribution in [3.8, 4) is 0 Å². The number of nitrogens with zero attached hydrogens (tertiary/aromatic N) is 3. The molecular weight excluding hydrogens is 212 g/mol. The quantitative estimate of drug-likeness (QED) is 0.789. The second-order valence-electron chi connectivity index (χ2n) is 3.64. The third kappa shape index (κ3) is 1.72. The van der Waals surface area contributed by atoms with E-state index in [1.165, 1.54) is 12.8 Å². The first-order valence-corrected chi connectivity index (χ1v) is 5.24. The molecule has 0 bridgehead atoms. The number of pyridine rings is 1. The van der Waals surface area contributed by atoms with Crippen molar-refractivity contribution in [3.05, 3.63) is 23.6 Å². The van der Waals surface area contributed by atoms with Gasteiger partial charge in [-0.15, -0.1) is 0 Å². The van der Waals surface area contributed by atoms with Crippen LogP contribution in [0.15, 0.2) is 18.5 Å². The number of hydrogen-bond acceptors (Lipinski definition) is 4. The maximum atomic E-state index is 5.85. The van der Waals surface area contributed by atoms with Crippen molar-refractivity contribution in [3.63, 3.8) is 0 Å². The minimum absolute atomic E-state index is 0.469. The molecule has 1 fully saturated rings. The first-order chi connectivity index (χ1) is 7.33. The van der Waals surface area contributed by atoms with Gasteiger partial charge in [0.05, 0.1) is 5.52 Å². The van der Waals surface area contributed by atoms with Crippen LogP contribution < -0.4 is 5.32 Å². The molecule has 15 heavy (non-hydrogen) atoms. The lowest BCUT2D eigenvalue weighted by Crippen LogP contribution is -2.04. The average molecular weight is 221 g/mol. The standard InChI is InChI=1S/C10H9ClN4/c11-8-4-3-7-9(15-8)10(13-5-12-7)14-6-1-2-6/h3-6H,1-2H2,(H,12,13,14). The predicted octanol–water partition coefficient (Wildman–Crippen LogP) is 2.25. The molecule has 2 aromatic rings. The largest absolute Gasteiger partial charge is 0.365 e. The minimum atomic E-state index is 0.469. The Balaban J connectivity index is 2.13. The molecule has 1 saturated carbocycles. The number of hydrogen-bond donors (Lipinski definition) is 1. The summed E-state index contributed by atoms with van der Waals surface area (Å²) in [5, 5.41) is 3.78.